The molecule has 1 N–H and O–H groups in total. The number of hydrogen-bond donors (Lipinski definition) is 1. The molecule has 1 aliphatic heterocycles. The van der Waals surface area contributed by atoms with Gasteiger partial charge in [-0.3, -0.25) is 4.90 Å². The smallest absolute Gasteiger partial charge is 0.0826 e. The standard InChI is InChI=1S/C15H24N2O/c1-12-4-5-13(2)14(8-12)10-17-6-7-18-15(11-17)9-16-3/h4-5,8,15-16H,6-7,9-11H2,1-3H3. The predicted molar refractivity (Wildman–Crippen MR) is 74.9 cm³/mol. The molecule has 1 aromatic rings. The molecule has 3 heteroatoms. The van der Waals surface area contributed by atoms with E-state index in [2.05, 4.69) is 42.3 Å². The van der Waals surface area contributed by atoms with Crippen LogP contribution in [0.1, 0.15) is 16.7 Å². The SMILES string of the molecule is CNCC1CN(Cc2cc(C)ccc2C)CCO1. The summed E-state index contributed by atoms with van der Waals surface area (Å²) >= 11 is 0. The van der Waals surface area contributed by atoms with Crippen LogP contribution in [0.4, 0.5) is 0 Å². The number of morpholine rings is 1. The lowest BCUT2D eigenvalue weighted by atomic mass is 10.0. The summed E-state index contributed by atoms with van der Waals surface area (Å²) in [6.45, 7) is 9.23. The van der Waals surface area contributed by atoms with E-state index in [0.29, 0.717) is 6.10 Å². The predicted octanol–water partition coefficient (Wildman–Crippen LogP) is 1.72. The molecule has 1 saturated heterocycles. The second-order valence-electron chi connectivity index (χ2n) is 5.22. The molecule has 0 spiro atoms. The number of hydrogen-bond acceptors (Lipinski definition) is 3. The molecule has 100 valence electrons. The fourth-order valence-corrected chi connectivity index (χ4v) is 2.49. The largest absolute Gasteiger partial charge is 0.374 e. The first-order valence-corrected chi connectivity index (χ1v) is 6.73. The van der Waals surface area contributed by atoms with Gasteiger partial charge in [0.1, 0.15) is 0 Å². The highest BCUT2D eigenvalue weighted by molar-refractivity contribution is 5.30. The van der Waals surface area contributed by atoms with E-state index in [1.165, 1.54) is 16.7 Å². The minimum absolute atomic E-state index is 0.328. The third-order valence-electron chi connectivity index (χ3n) is 3.55. The Labute approximate surface area is 110 Å². The number of benzene rings is 1. The second kappa shape index (κ2) is 6.32. The van der Waals surface area contributed by atoms with Gasteiger partial charge >= 0.3 is 0 Å². The summed E-state index contributed by atoms with van der Waals surface area (Å²) in [4.78, 5) is 2.49. The Morgan fingerprint density at radius 2 is 2.22 bits per heavy atom. The number of nitrogens with one attached hydrogen (secondary N) is 1. The van der Waals surface area contributed by atoms with E-state index in [4.69, 9.17) is 4.74 Å². The Kier molecular flexibility index (Phi) is 4.75. The quantitative estimate of drug-likeness (QED) is 0.878. The molecule has 1 aliphatic rings. The van der Waals surface area contributed by atoms with Crippen molar-refractivity contribution in [2.75, 3.05) is 33.3 Å². The summed E-state index contributed by atoms with van der Waals surface area (Å²) in [5, 5.41) is 3.19. The zero-order valence-electron chi connectivity index (χ0n) is 11.7. The zero-order chi connectivity index (χ0) is 13.0. The van der Waals surface area contributed by atoms with Gasteiger partial charge in [0.2, 0.25) is 0 Å². The fourth-order valence-electron chi connectivity index (χ4n) is 2.49. The molecular formula is C15H24N2O. The van der Waals surface area contributed by atoms with Crippen molar-refractivity contribution < 1.29 is 4.74 Å². The molecule has 0 saturated carbocycles. The lowest BCUT2D eigenvalue weighted by Crippen LogP contribution is -2.45. The van der Waals surface area contributed by atoms with Crippen molar-refractivity contribution in [1.29, 1.82) is 0 Å². The molecule has 1 unspecified atom stereocenters. The topological polar surface area (TPSA) is 24.5 Å². The van der Waals surface area contributed by atoms with Crippen LogP contribution >= 0.6 is 0 Å². The van der Waals surface area contributed by atoms with Gasteiger partial charge in [-0.1, -0.05) is 23.8 Å². The summed E-state index contributed by atoms with van der Waals surface area (Å²) < 4.78 is 5.74. The van der Waals surface area contributed by atoms with Crippen LogP contribution in [0.5, 0.6) is 0 Å². The van der Waals surface area contributed by atoms with Crippen molar-refractivity contribution in [3.05, 3.63) is 34.9 Å². The van der Waals surface area contributed by atoms with E-state index in [9.17, 15) is 0 Å². The van der Waals surface area contributed by atoms with E-state index in [0.717, 1.165) is 32.8 Å². The van der Waals surface area contributed by atoms with Crippen LogP contribution in [-0.2, 0) is 11.3 Å². The highest BCUT2D eigenvalue weighted by Gasteiger charge is 2.20. The van der Waals surface area contributed by atoms with Gasteiger partial charge in [-0.05, 0) is 32.0 Å². The third kappa shape index (κ3) is 3.55. The minimum Gasteiger partial charge on any atom is -0.374 e. The minimum atomic E-state index is 0.328. The van der Waals surface area contributed by atoms with E-state index >= 15 is 0 Å². The highest BCUT2D eigenvalue weighted by atomic mass is 16.5. The monoisotopic (exact) mass is 248 g/mol. The summed E-state index contributed by atoms with van der Waals surface area (Å²) in [6, 6.07) is 6.70. The number of nitrogens with zero attached hydrogens (tertiary/aromatic N) is 1. The van der Waals surface area contributed by atoms with Crippen LogP contribution in [0.25, 0.3) is 0 Å². The van der Waals surface area contributed by atoms with Crippen LogP contribution in [-0.4, -0.2) is 44.3 Å². The van der Waals surface area contributed by atoms with E-state index in [1.54, 1.807) is 0 Å². The number of ether oxygens (including phenoxy) is 1. The Balaban J connectivity index is 1.98. The van der Waals surface area contributed by atoms with Gasteiger partial charge in [-0.25, -0.2) is 0 Å². The molecule has 0 radical (unpaired) electrons. The van der Waals surface area contributed by atoms with E-state index in [1.807, 2.05) is 7.05 Å². The molecule has 1 fully saturated rings. The van der Waals surface area contributed by atoms with Crippen LogP contribution in [0, 0.1) is 13.8 Å². The molecule has 0 amide bonds. The lowest BCUT2D eigenvalue weighted by molar-refractivity contribution is -0.0291. The van der Waals surface area contributed by atoms with Crippen molar-refractivity contribution in [1.82, 2.24) is 10.2 Å². The Morgan fingerprint density at radius 3 is 3.00 bits per heavy atom. The molecule has 18 heavy (non-hydrogen) atoms. The Morgan fingerprint density at radius 1 is 1.39 bits per heavy atom. The van der Waals surface area contributed by atoms with Crippen LogP contribution in [0.2, 0.25) is 0 Å². The maximum Gasteiger partial charge on any atom is 0.0826 e. The van der Waals surface area contributed by atoms with Crippen LogP contribution in [0.3, 0.4) is 0 Å². The molecule has 1 aromatic carbocycles. The average molecular weight is 248 g/mol. The molecule has 0 bridgehead atoms. The molecule has 1 atom stereocenters. The Hall–Kier alpha value is -0.900. The van der Waals surface area contributed by atoms with Crippen LogP contribution in [0.15, 0.2) is 18.2 Å². The molecule has 3 nitrogen and oxygen atoms in total. The summed E-state index contributed by atoms with van der Waals surface area (Å²) in [5.41, 5.74) is 4.17. The number of aryl methyl sites for hydroxylation is 2. The normalized spacial score (nSPS) is 21.2. The number of likely N-dealkylation sites (N-methyl/N-ethyl adjacent to an activating group) is 1. The maximum atomic E-state index is 5.74. The second-order valence-corrected chi connectivity index (χ2v) is 5.22. The third-order valence-corrected chi connectivity index (χ3v) is 3.55. The first-order chi connectivity index (χ1) is 8.69. The first-order valence-electron chi connectivity index (χ1n) is 6.73. The van der Waals surface area contributed by atoms with Crippen molar-refractivity contribution in [2.24, 2.45) is 0 Å². The molecule has 2 rings (SSSR count). The average Bonchev–Trinajstić information content (AvgIpc) is 2.35. The van der Waals surface area contributed by atoms with Crippen molar-refractivity contribution in [3.8, 4) is 0 Å². The number of rotatable bonds is 4. The zero-order valence-corrected chi connectivity index (χ0v) is 11.7. The van der Waals surface area contributed by atoms with E-state index < -0.39 is 0 Å². The first kappa shape index (κ1) is 13.5. The Bertz CT molecular complexity index is 390. The molecule has 0 aliphatic carbocycles. The summed E-state index contributed by atoms with van der Waals surface area (Å²) in [7, 11) is 1.98. The fraction of sp³-hybridized carbons (Fsp3) is 0.600. The van der Waals surface area contributed by atoms with Crippen molar-refractivity contribution >= 4 is 0 Å². The van der Waals surface area contributed by atoms with E-state index in [-0.39, 0.29) is 0 Å². The lowest BCUT2D eigenvalue weighted by Gasteiger charge is -2.33. The summed E-state index contributed by atoms with van der Waals surface area (Å²) in [5.74, 6) is 0. The van der Waals surface area contributed by atoms with Gasteiger partial charge in [0, 0.05) is 26.2 Å². The summed E-state index contributed by atoms with van der Waals surface area (Å²) in [6.07, 6.45) is 0.328. The molecule has 0 aromatic heterocycles. The van der Waals surface area contributed by atoms with Gasteiger partial charge in [0.05, 0.1) is 12.7 Å². The van der Waals surface area contributed by atoms with Gasteiger partial charge < -0.3 is 10.1 Å². The van der Waals surface area contributed by atoms with Gasteiger partial charge in [-0.15, -0.1) is 0 Å². The molecular weight excluding hydrogens is 224 g/mol. The highest BCUT2D eigenvalue weighted by Crippen LogP contribution is 2.15. The molecule has 1 heterocycles. The van der Waals surface area contributed by atoms with Crippen molar-refractivity contribution in [3.63, 3.8) is 0 Å². The van der Waals surface area contributed by atoms with Crippen LogP contribution < -0.4 is 5.32 Å². The maximum absolute atomic E-state index is 5.74. The van der Waals surface area contributed by atoms with Crippen molar-refractivity contribution in [2.45, 2.75) is 26.5 Å². The van der Waals surface area contributed by atoms with Gasteiger partial charge in [-0.2, -0.15) is 0 Å². The van der Waals surface area contributed by atoms with Gasteiger partial charge in [0.25, 0.3) is 0 Å². The van der Waals surface area contributed by atoms with Gasteiger partial charge in [0.15, 0.2) is 0 Å².